The molecule has 0 aliphatic carbocycles. The SMILES string of the molecule is CCC1(CC)C(=O)NC(=Nc2cccc(Cl)c2)NC1=O. The Labute approximate surface area is 122 Å². The first-order chi connectivity index (χ1) is 9.51. The van der Waals surface area contributed by atoms with Crippen molar-refractivity contribution in [2.45, 2.75) is 26.7 Å². The second-order valence-corrected chi connectivity index (χ2v) is 5.07. The van der Waals surface area contributed by atoms with Crippen LogP contribution in [0.2, 0.25) is 5.02 Å². The summed E-state index contributed by atoms with van der Waals surface area (Å²) in [6.45, 7) is 3.64. The van der Waals surface area contributed by atoms with E-state index in [0.717, 1.165) is 0 Å². The minimum Gasteiger partial charge on any atom is -0.295 e. The number of carbonyl (C=O) groups is 2. The predicted molar refractivity (Wildman–Crippen MR) is 77.8 cm³/mol. The van der Waals surface area contributed by atoms with Gasteiger partial charge >= 0.3 is 0 Å². The first-order valence-electron chi connectivity index (χ1n) is 6.49. The van der Waals surface area contributed by atoms with Gasteiger partial charge in [-0.05, 0) is 31.0 Å². The topological polar surface area (TPSA) is 70.6 Å². The average molecular weight is 294 g/mol. The van der Waals surface area contributed by atoms with E-state index < -0.39 is 5.41 Å². The molecule has 1 aliphatic heterocycles. The second-order valence-electron chi connectivity index (χ2n) is 4.64. The molecule has 1 aliphatic rings. The maximum absolute atomic E-state index is 12.2. The Kier molecular flexibility index (Phi) is 4.09. The molecule has 0 bridgehead atoms. The van der Waals surface area contributed by atoms with Gasteiger partial charge in [-0.25, -0.2) is 4.99 Å². The van der Waals surface area contributed by atoms with Gasteiger partial charge in [-0.1, -0.05) is 31.5 Å². The van der Waals surface area contributed by atoms with Crippen LogP contribution >= 0.6 is 11.6 Å². The number of guanidine groups is 1. The molecule has 1 aromatic rings. The molecule has 2 amide bonds. The summed E-state index contributed by atoms with van der Waals surface area (Å²) in [4.78, 5) is 28.5. The molecule has 2 rings (SSSR count). The van der Waals surface area contributed by atoms with Gasteiger partial charge in [0.15, 0.2) is 0 Å². The van der Waals surface area contributed by atoms with Gasteiger partial charge in [-0.15, -0.1) is 0 Å². The largest absolute Gasteiger partial charge is 0.295 e. The van der Waals surface area contributed by atoms with Crippen molar-refractivity contribution >= 4 is 35.1 Å². The number of rotatable bonds is 3. The Bertz CT molecular complexity index is 558. The molecule has 1 heterocycles. The van der Waals surface area contributed by atoms with E-state index in [1.165, 1.54) is 0 Å². The van der Waals surface area contributed by atoms with E-state index in [2.05, 4.69) is 15.6 Å². The quantitative estimate of drug-likeness (QED) is 0.840. The minimum absolute atomic E-state index is 0.139. The number of carbonyl (C=O) groups excluding carboxylic acids is 2. The van der Waals surface area contributed by atoms with E-state index in [4.69, 9.17) is 11.6 Å². The fourth-order valence-corrected chi connectivity index (χ4v) is 2.40. The molecule has 6 heteroatoms. The third kappa shape index (κ3) is 2.54. The molecule has 1 saturated heterocycles. The molecule has 0 saturated carbocycles. The third-order valence-corrected chi connectivity index (χ3v) is 3.82. The first kappa shape index (κ1) is 14.5. The van der Waals surface area contributed by atoms with Crippen molar-refractivity contribution in [3.05, 3.63) is 29.3 Å². The van der Waals surface area contributed by atoms with Crippen LogP contribution in [0.4, 0.5) is 5.69 Å². The van der Waals surface area contributed by atoms with Crippen LogP contribution in [-0.4, -0.2) is 17.8 Å². The Morgan fingerprint density at radius 3 is 2.25 bits per heavy atom. The van der Waals surface area contributed by atoms with Crippen molar-refractivity contribution in [3.8, 4) is 0 Å². The number of nitrogens with zero attached hydrogens (tertiary/aromatic N) is 1. The molecule has 0 radical (unpaired) electrons. The zero-order chi connectivity index (χ0) is 14.8. The van der Waals surface area contributed by atoms with Gasteiger partial charge in [0.2, 0.25) is 17.8 Å². The minimum atomic E-state index is -1.01. The van der Waals surface area contributed by atoms with Gasteiger partial charge in [0.1, 0.15) is 5.41 Å². The van der Waals surface area contributed by atoms with Crippen molar-refractivity contribution in [2.24, 2.45) is 10.4 Å². The van der Waals surface area contributed by atoms with E-state index in [9.17, 15) is 9.59 Å². The van der Waals surface area contributed by atoms with E-state index >= 15 is 0 Å². The van der Waals surface area contributed by atoms with Crippen LogP contribution in [0.5, 0.6) is 0 Å². The predicted octanol–water partition coefficient (Wildman–Crippen LogP) is 2.38. The van der Waals surface area contributed by atoms with Crippen molar-refractivity contribution in [1.29, 1.82) is 0 Å². The Morgan fingerprint density at radius 1 is 1.15 bits per heavy atom. The van der Waals surface area contributed by atoms with Gasteiger partial charge in [0, 0.05) is 5.02 Å². The fraction of sp³-hybridized carbons (Fsp3) is 0.357. The Morgan fingerprint density at radius 2 is 1.75 bits per heavy atom. The number of nitrogens with one attached hydrogen (secondary N) is 2. The summed E-state index contributed by atoms with van der Waals surface area (Å²) in [5.74, 6) is -0.487. The van der Waals surface area contributed by atoms with Gasteiger partial charge < -0.3 is 0 Å². The number of halogens is 1. The fourth-order valence-electron chi connectivity index (χ4n) is 2.21. The van der Waals surface area contributed by atoms with Crippen molar-refractivity contribution in [3.63, 3.8) is 0 Å². The summed E-state index contributed by atoms with van der Waals surface area (Å²) < 4.78 is 0. The summed E-state index contributed by atoms with van der Waals surface area (Å²) in [6.07, 6.45) is 0.900. The lowest BCUT2D eigenvalue weighted by Gasteiger charge is -2.33. The summed E-state index contributed by atoms with van der Waals surface area (Å²) in [5.41, 5.74) is -0.443. The van der Waals surface area contributed by atoms with E-state index in [-0.39, 0.29) is 17.8 Å². The van der Waals surface area contributed by atoms with Crippen molar-refractivity contribution in [1.82, 2.24) is 10.6 Å². The van der Waals surface area contributed by atoms with Crippen LogP contribution in [0, 0.1) is 5.41 Å². The molecule has 1 aromatic carbocycles. The Balaban J connectivity index is 2.27. The lowest BCUT2D eigenvalue weighted by molar-refractivity contribution is -0.144. The molecule has 2 N–H and O–H groups in total. The van der Waals surface area contributed by atoms with Crippen LogP contribution in [0.3, 0.4) is 0 Å². The standard InChI is InChI=1S/C14H16ClN3O2/c1-3-14(4-2)11(19)17-13(18-12(14)20)16-10-7-5-6-9(15)8-10/h5-8H,3-4H2,1-2H3,(H2,16,17,18,19,20). The highest BCUT2D eigenvalue weighted by Gasteiger charge is 2.46. The molecule has 0 spiro atoms. The van der Waals surface area contributed by atoms with Gasteiger partial charge in [-0.3, -0.25) is 20.2 Å². The summed E-state index contributed by atoms with van der Waals surface area (Å²) in [6, 6.07) is 6.85. The number of benzene rings is 1. The number of aliphatic imine (C=N–C) groups is 1. The summed E-state index contributed by atoms with van der Waals surface area (Å²) >= 11 is 5.87. The molecule has 20 heavy (non-hydrogen) atoms. The zero-order valence-electron chi connectivity index (χ0n) is 11.4. The molecular formula is C14H16ClN3O2. The van der Waals surface area contributed by atoms with Crippen LogP contribution in [0.25, 0.3) is 0 Å². The molecule has 0 atom stereocenters. The van der Waals surface area contributed by atoms with Crippen LogP contribution in [-0.2, 0) is 9.59 Å². The van der Waals surface area contributed by atoms with Crippen molar-refractivity contribution < 1.29 is 9.59 Å². The third-order valence-electron chi connectivity index (χ3n) is 3.59. The molecule has 106 valence electrons. The average Bonchev–Trinajstić information content (AvgIpc) is 2.39. The highest BCUT2D eigenvalue weighted by atomic mass is 35.5. The van der Waals surface area contributed by atoms with Gasteiger partial charge in [-0.2, -0.15) is 0 Å². The molecule has 1 fully saturated rings. The zero-order valence-corrected chi connectivity index (χ0v) is 12.1. The lowest BCUT2D eigenvalue weighted by atomic mass is 9.79. The summed E-state index contributed by atoms with van der Waals surface area (Å²) in [7, 11) is 0. The monoisotopic (exact) mass is 293 g/mol. The second kappa shape index (κ2) is 5.63. The number of amides is 2. The van der Waals surface area contributed by atoms with Crippen LogP contribution < -0.4 is 10.6 Å². The normalized spacial score (nSPS) is 17.4. The highest BCUT2D eigenvalue weighted by Crippen LogP contribution is 2.29. The van der Waals surface area contributed by atoms with Crippen LogP contribution in [0.15, 0.2) is 29.3 Å². The molecule has 0 aromatic heterocycles. The Hall–Kier alpha value is -1.88. The number of hydrogen-bond acceptors (Lipinski definition) is 3. The molecule has 0 unspecified atom stereocenters. The van der Waals surface area contributed by atoms with E-state index in [1.807, 2.05) is 13.8 Å². The maximum Gasteiger partial charge on any atom is 0.242 e. The lowest BCUT2D eigenvalue weighted by Crippen LogP contribution is -2.62. The molecule has 5 nitrogen and oxygen atoms in total. The van der Waals surface area contributed by atoms with Crippen molar-refractivity contribution in [2.75, 3.05) is 0 Å². The highest BCUT2D eigenvalue weighted by molar-refractivity contribution is 6.30. The van der Waals surface area contributed by atoms with Gasteiger partial charge in [0.25, 0.3) is 0 Å². The first-order valence-corrected chi connectivity index (χ1v) is 6.87. The van der Waals surface area contributed by atoms with Crippen LogP contribution in [0.1, 0.15) is 26.7 Å². The smallest absolute Gasteiger partial charge is 0.242 e. The van der Waals surface area contributed by atoms with Gasteiger partial charge in [0.05, 0.1) is 5.69 Å². The van der Waals surface area contributed by atoms with E-state index in [1.54, 1.807) is 24.3 Å². The number of hydrogen-bond donors (Lipinski definition) is 2. The maximum atomic E-state index is 12.2. The summed E-state index contributed by atoms with van der Waals surface area (Å²) in [5, 5.41) is 5.83. The molecular weight excluding hydrogens is 278 g/mol. The van der Waals surface area contributed by atoms with E-state index in [0.29, 0.717) is 23.6 Å².